The van der Waals surface area contributed by atoms with Crippen LogP contribution < -0.4 is 9.80 Å². The predicted octanol–water partition coefficient (Wildman–Crippen LogP) is 12.0. The Balaban J connectivity index is 1.31. The van der Waals surface area contributed by atoms with Crippen molar-refractivity contribution < 1.29 is 45.5 Å². The third kappa shape index (κ3) is 6.08. The molecule has 2 amide bonds. The highest BCUT2D eigenvalue weighted by atomic mass is 19.4. The van der Waals surface area contributed by atoms with Crippen molar-refractivity contribution in [2.75, 3.05) is 23.9 Å². The number of Topliss-reactive ketones (excluding diaryl/α,β-unsaturated/α-hetero) is 2. The summed E-state index contributed by atoms with van der Waals surface area (Å²) in [6.07, 6.45) is -12.2. The molecule has 0 N–H and O–H groups in total. The minimum Gasteiger partial charge on any atom is -0.377 e. The summed E-state index contributed by atoms with van der Waals surface area (Å²) in [6, 6.07) is 27.8. The number of halogens is 6. The Kier molecular flexibility index (Phi) is 10.2. The third-order valence-corrected chi connectivity index (χ3v) is 12.9. The SMILES string of the molecule is CC(=O)c1ccc(C(c2ccc3c(c2)C(=O)N(c2c(C)cc(C4(c5cc(C)c(N(C)C)c(C)c5)c5ccccc5-c5ccccc54)cc2C)C3=O)(C(F)(F)F)C(F)(F)F)cc1C(C)=O. The van der Waals surface area contributed by atoms with Gasteiger partial charge in [0.1, 0.15) is 0 Å². The van der Waals surface area contributed by atoms with Gasteiger partial charge < -0.3 is 4.90 Å². The average molecular weight is 873 g/mol. The number of carbonyl (C=O) groups is 4. The Morgan fingerprint density at radius 1 is 0.531 bits per heavy atom. The van der Waals surface area contributed by atoms with E-state index in [1.807, 2.05) is 50.5 Å². The molecule has 12 heteroatoms. The summed E-state index contributed by atoms with van der Waals surface area (Å²) in [5, 5.41) is 0. The fourth-order valence-electron chi connectivity index (χ4n) is 10.5. The van der Waals surface area contributed by atoms with Crippen LogP contribution in [0.5, 0.6) is 0 Å². The molecule has 0 spiro atoms. The van der Waals surface area contributed by atoms with Crippen LogP contribution in [-0.4, -0.2) is 49.8 Å². The lowest BCUT2D eigenvalue weighted by atomic mass is 9.66. The maximum Gasteiger partial charge on any atom is 0.411 e. The zero-order valence-electron chi connectivity index (χ0n) is 36.2. The quantitative estimate of drug-likeness (QED) is 0.0864. The van der Waals surface area contributed by atoms with E-state index >= 15 is 26.3 Å². The number of aryl methyl sites for hydroxylation is 4. The van der Waals surface area contributed by atoms with Crippen molar-refractivity contribution >= 4 is 34.8 Å². The van der Waals surface area contributed by atoms with E-state index in [1.165, 1.54) is 0 Å². The standard InChI is InChI=1S/C52H42F6N2O4/c1-27-21-35(22-28(2)45(27)59(7)8)49(43-15-11-9-13-38(43)39-14-10-12-16-44(39)49)36-23-29(3)46(30(4)24-36)60-47(63)40-20-18-34(26-42(40)48(60)64)50(51(53,54)55,52(56,57)58)33-17-19-37(31(5)61)41(25-33)32(6)62/h9-26H,1-8H3. The smallest absolute Gasteiger partial charge is 0.377 e. The zero-order valence-corrected chi connectivity index (χ0v) is 36.2. The van der Waals surface area contributed by atoms with Gasteiger partial charge in [0.2, 0.25) is 5.41 Å². The summed E-state index contributed by atoms with van der Waals surface area (Å²) in [6.45, 7) is 9.49. The third-order valence-electron chi connectivity index (χ3n) is 12.9. The highest BCUT2D eigenvalue weighted by Gasteiger charge is 2.73. The lowest BCUT2D eigenvalue weighted by Crippen LogP contribution is -2.55. The number of hydrogen-bond acceptors (Lipinski definition) is 5. The highest BCUT2D eigenvalue weighted by molar-refractivity contribution is 6.35. The van der Waals surface area contributed by atoms with E-state index < -0.39 is 68.8 Å². The van der Waals surface area contributed by atoms with Crippen LogP contribution in [0.1, 0.15) is 111 Å². The van der Waals surface area contributed by atoms with Crippen molar-refractivity contribution in [1.82, 2.24) is 0 Å². The number of anilines is 2. The second-order valence-electron chi connectivity index (χ2n) is 17.0. The van der Waals surface area contributed by atoms with E-state index in [9.17, 15) is 19.2 Å². The number of fused-ring (bicyclic) bond motifs is 4. The van der Waals surface area contributed by atoms with Gasteiger partial charge >= 0.3 is 12.4 Å². The number of amides is 2. The number of hydrogen-bond donors (Lipinski definition) is 0. The van der Waals surface area contributed by atoms with Gasteiger partial charge in [-0.3, -0.25) is 19.2 Å². The van der Waals surface area contributed by atoms with Crippen LogP contribution >= 0.6 is 0 Å². The van der Waals surface area contributed by atoms with E-state index in [1.54, 1.807) is 13.8 Å². The van der Waals surface area contributed by atoms with E-state index in [-0.39, 0.29) is 16.8 Å². The lowest BCUT2D eigenvalue weighted by molar-refractivity contribution is -0.288. The Bertz CT molecular complexity index is 2910. The fourth-order valence-corrected chi connectivity index (χ4v) is 10.5. The number of alkyl halides is 6. The first kappa shape index (κ1) is 43.8. The molecule has 0 radical (unpaired) electrons. The number of rotatable bonds is 8. The largest absolute Gasteiger partial charge is 0.411 e. The molecule has 0 saturated carbocycles. The van der Waals surface area contributed by atoms with Crippen LogP contribution in [-0.2, 0) is 10.8 Å². The summed E-state index contributed by atoms with van der Waals surface area (Å²) in [4.78, 5) is 56.3. The molecule has 6 aromatic carbocycles. The maximum atomic E-state index is 15.4. The van der Waals surface area contributed by atoms with Crippen molar-refractivity contribution in [3.8, 4) is 11.1 Å². The second-order valence-corrected chi connectivity index (χ2v) is 17.0. The zero-order chi connectivity index (χ0) is 46.6. The molecule has 0 atom stereocenters. The van der Waals surface area contributed by atoms with Crippen LogP contribution in [0.25, 0.3) is 11.1 Å². The van der Waals surface area contributed by atoms with Gasteiger partial charge in [-0.2, -0.15) is 26.3 Å². The summed E-state index contributed by atoms with van der Waals surface area (Å²) in [5.74, 6) is -3.69. The molecule has 2 aliphatic rings. The van der Waals surface area contributed by atoms with E-state index in [2.05, 4.69) is 55.1 Å². The number of imide groups is 1. The van der Waals surface area contributed by atoms with Crippen LogP contribution in [0.15, 0.2) is 109 Å². The molecule has 0 fully saturated rings. The number of carbonyl (C=O) groups excluding carboxylic acids is 4. The Hall–Kier alpha value is -6.82. The van der Waals surface area contributed by atoms with Gasteiger partial charge in [0.15, 0.2) is 11.6 Å². The molecule has 1 aliphatic heterocycles. The number of ketones is 2. The maximum absolute atomic E-state index is 15.4. The monoisotopic (exact) mass is 872 g/mol. The van der Waals surface area contributed by atoms with Gasteiger partial charge in [-0.15, -0.1) is 0 Å². The van der Waals surface area contributed by atoms with E-state index in [0.29, 0.717) is 35.4 Å². The molecule has 6 aromatic rings. The molecule has 1 aliphatic carbocycles. The van der Waals surface area contributed by atoms with Crippen molar-refractivity contribution in [2.24, 2.45) is 0 Å². The molecule has 8 rings (SSSR count). The number of benzene rings is 6. The first-order valence-corrected chi connectivity index (χ1v) is 20.4. The molecule has 0 bridgehead atoms. The minimum absolute atomic E-state index is 0.144. The molecule has 64 heavy (non-hydrogen) atoms. The van der Waals surface area contributed by atoms with Crippen LogP contribution in [0, 0.1) is 27.7 Å². The molecular formula is C52H42F6N2O4. The first-order chi connectivity index (χ1) is 30.0. The van der Waals surface area contributed by atoms with Gasteiger partial charge in [-0.1, -0.05) is 91.0 Å². The summed E-state index contributed by atoms with van der Waals surface area (Å²) >= 11 is 0. The van der Waals surface area contributed by atoms with Crippen LogP contribution in [0.4, 0.5) is 37.7 Å². The van der Waals surface area contributed by atoms with Crippen molar-refractivity contribution in [3.05, 3.63) is 187 Å². The lowest BCUT2D eigenvalue weighted by Gasteiger charge is -2.38. The Labute approximate surface area is 366 Å². The van der Waals surface area contributed by atoms with Gasteiger partial charge in [-0.05, 0) is 127 Å². The van der Waals surface area contributed by atoms with Gasteiger partial charge in [0, 0.05) is 30.9 Å². The Morgan fingerprint density at radius 2 is 0.969 bits per heavy atom. The van der Waals surface area contributed by atoms with Crippen LogP contribution in [0.2, 0.25) is 0 Å². The van der Waals surface area contributed by atoms with Crippen molar-refractivity contribution in [2.45, 2.75) is 64.7 Å². The number of nitrogens with zero attached hydrogens (tertiary/aromatic N) is 2. The van der Waals surface area contributed by atoms with Gasteiger partial charge in [0.25, 0.3) is 11.8 Å². The van der Waals surface area contributed by atoms with Crippen molar-refractivity contribution in [3.63, 3.8) is 0 Å². The van der Waals surface area contributed by atoms with Gasteiger partial charge in [0.05, 0.1) is 22.2 Å². The van der Waals surface area contributed by atoms with E-state index in [0.717, 1.165) is 81.1 Å². The average Bonchev–Trinajstić information content (AvgIpc) is 3.64. The first-order valence-electron chi connectivity index (χ1n) is 20.4. The topological polar surface area (TPSA) is 74.8 Å². The van der Waals surface area contributed by atoms with Crippen LogP contribution in [0.3, 0.4) is 0 Å². The summed E-state index contributed by atoms with van der Waals surface area (Å²) in [5.41, 5.74) is -0.337. The fraction of sp³-hybridized carbons (Fsp3) is 0.231. The molecule has 326 valence electrons. The summed E-state index contributed by atoms with van der Waals surface area (Å²) < 4.78 is 92.3. The predicted molar refractivity (Wildman–Crippen MR) is 234 cm³/mol. The molecule has 6 nitrogen and oxygen atoms in total. The minimum atomic E-state index is -6.09. The highest BCUT2D eigenvalue weighted by Crippen LogP contribution is 2.59. The van der Waals surface area contributed by atoms with Gasteiger partial charge in [-0.25, -0.2) is 4.90 Å². The normalized spacial score (nSPS) is 14.4. The van der Waals surface area contributed by atoms with E-state index in [4.69, 9.17) is 0 Å². The Morgan fingerprint density at radius 3 is 1.44 bits per heavy atom. The molecule has 0 aromatic heterocycles. The molecule has 0 unspecified atom stereocenters. The molecular weight excluding hydrogens is 831 g/mol. The summed E-state index contributed by atoms with van der Waals surface area (Å²) in [7, 11) is 3.97. The van der Waals surface area contributed by atoms with Crippen molar-refractivity contribution in [1.29, 1.82) is 0 Å². The second kappa shape index (κ2) is 14.9. The molecule has 0 saturated heterocycles. The molecule has 1 heterocycles.